The van der Waals surface area contributed by atoms with Crippen molar-refractivity contribution in [3.8, 4) is 0 Å². The second-order valence-electron chi connectivity index (χ2n) is 5.23. The fourth-order valence-electron chi connectivity index (χ4n) is 2.33. The highest BCUT2D eigenvalue weighted by molar-refractivity contribution is 6.30. The molecule has 0 aliphatic heterocycles. The van der Waals surface area contributed by atoms with Crippen molar-refractivity contribution in [1.29, 1.82) is 0 Å². The van der Waals surface area contributed by atoms with Gasteiger partial charge in [-0.25, -0.2) is 0 Å². The Morgan fingerprint density at radius 3 is 2.76 bits per heavy atom. The predicted molar refractivity (Wildman–Crippen MR) is 74.4 cm³/mol. The van der Waals surface area contributed by atoms with E-state index in [0.29, 0.717) is 12.1 Å². The molecule has 2 heteroatoms. The molecule has 0 heterocycles. The number of halogens is 1. The average Bonchev–Trinajstić information content (AvgIpc) is 3.12. The van der Waals surface area contributed by atoms with Crippen LogP contribution in [-0.4, -0.2) is 6.04 Å². The molecule has 1 fully saturated rings. The lowest BCUT2D eigenvalue weighted by atomic mass is 10.0. The van der Waals surface area contributed by atoms with Crippen molar-refractivity contribution in [3.63, 3.8) is 0 Å². The summed E-state index contributed by atoms with van der Waals surface area (Å²) in [7, 11) is 0. The molecule has 1 nitrogen and oxygen atoms in total. The van der Waals surface area contributed by atoms with Gasteiger partial charge in [-0.3, -0.25) is 0 Å². The van der Waals surface area contributed by atoms with Crippen molar-refractivity contribution < 1.29 is 0 Å². The molecule has 0 radical (unpaired) electrons. The molecular weight excluding hydrogens is 230 g/mol. The Bertz CT molecular complexity index is 360. The first-order chi connectivity index (χ1) is 8.19. The van der Waals surface area contributed by atoms with Gasteiger partial charge in [0.05, 0.1) is 0 Å². The van der Waals surface area contributed by atoms with Crippen LogP contribution in [0.3, 0.4) is 0 Å². The van der Waals surface area contributed by atoms with Gasteiger partial charge in [-0.05, 0) is 43.4 Å². The Morgan fingerprint density at radius 1 is 1.41 bits per heavy atom. The molecule has 0 amide bonds. The summed E-state index contributed by atoms with van der Waals surface area (Å²) in [5.41, 5.74) is 1.28. The van der Waals surface area contributed by atoms with Crippen molar-refractivity contribution in [2.24, 2.45) is 5.92 Å². The fourth-order valence-corrected chi connectivity index (χ4v) is 2.53. The Labute approximate surface area is 110 Å². The van der Waals surface area contributed by atoms with Gasteiger partial charge >= 0.3 is 0 Å². The number of hydrogen-bond acceptors (Lipinski definition) is 1. The van der Waals surface area contributed by atoms with Gasteiger partial charge in [-0.1, -0.05) is 43.5 Å². The Morgan fingerprint density at radius 2 is 2.18 bits per heavy atom. The molecule has 0 aromatic heterocycles. The van der Waals surface area contributed by atoms with Gasteiger partial charge in [0.2, 0.25) is 0 Å². The lowest BCUT2D eigenvalue weighted by Gasteiger charge is -2.22. The maximum absolute atomic E-state index is 6.03. The third-order valence-electron chi connectivity index (χ3n) is 3.64. The highest BCUT2D eigenvalue weighted by atomic mass is 35.5. The summed E-state index contributed by atoms with van der Waals surface area (Å²) in [6.07, 6.45) is 5.41. The molecule has 17 heavy (non-hydrogen) atoms. The van der Waals surface area contributed by atoms with E-state index in [-0.39, 0.29) is 0 Å². The summed E-state index contributed by atoms with van der Waals surface area (Å²) in [4.78, 5) is 0. The molecule has 2 unspecified atom stereocenters. The third-order valence-corrected chi connectivity index (χ3v) is 3.88. The standard InChI is InChI=1S/C15H22ClN/c1-3-15(9-12-7-8-12)17-11(2)13-5-4-6-14(16)10-13/h4-6,10-12,15,17H,3,7-9H2,1-2H3. The molecule has 1 N–H and O–H groups in total. The van der Waals surface area contributed by atoms with Gasteiger partial charge in [-0.2, -0.15) is 0 Å². The van der Waals surface area contributed by atoms with Crippen LogP contribution in [0.4, 0.5) is 0 Å². The van der Waals surface area contributed by atoms with Crippen LogP contribution in [-0.2, 0) is 0 Å². The Hall–Kier alpha value is -0.530. The first kappa shape index (κ1) is 12.9. The van der Waals surface area contributed by atoms with Crippen LogP contribution in [0, 0.1) is 5.92 Å². The van der Waals surface area contributed by atoms with Crippen LogP contribution >= 0.6 is 11.6 Å². The van der Waals surface area contributed by atoms with Gasteiger partial charge in [0, 0.05) is 17.1 Å². The van der Waals surface area contributed by atoms with E-state index in [0.717, 1.165) is 10.9 Å². The van der Waals surface area contributed by atoms with Gasteiger partial charge in [0.1, 0.15) is 0 Å². The molecule has 1 aromatic rings. The largest absolute Gasteiger partial charge is 0.307 e. The molecule has 2 atom stereocenters. The highest BCUT2D eigenvalue weighted by Crippen LogP contribution is 2.34. The lowest BCUT2D eigenvalue weighted by Crippen LogP contribution is -2.31. The molecule has 0 spiro atoms. The van der Waals surface area contributed by atoms with Crippen molar-refractivity contribution in [3.05, 3.63) is 34.9 Å². The molecule has 1 aliphatic rings. The topological polar surface area (TPSA) is 12.0 Å². The lowest BCUT2D eigenvalue weighted by molar-refractivity contribution is 0.404. The molecule has 94 valence electrons. The average molecular weight is 252 g/mol. The van der Waals surface area contributed by atoms with Crippen LogP contribution < -0.4 is 5.32 Å². The van der Waals surface area contributed by atoms with E-state index >= 15 is 0 Å². The van der Waals surface area contributed by atoms with E-state index in [1.54, 1.807) is 0 Å². The summed E-state index contributed by atoms with van der Waals surface area (Å²) in [6.45, 7) is 4.49. The molecule has 1 aliphatic carbocycles. The second kappa shape index (κ2) is 5.88. The van der Waals surface area contributed by atoms with Crippen molar-refractivity contribution in [2.75, 3.05) is 0 Å². The van der Waals surface area contributed by atoms with E-state index in [9.17, 15) is 0 Å². The van der Waals surface area contributed by atoms with Crippen molar-refractivity contribution in [1.82, 2.24) is 5.32 Å². The minimum atomic E-state index is 0.386. The zero-order chi connectivity index (χ0) is 12.3. The minimum Gasteiger partial charge on any atom is -0.307 e. The normalized spacial score (nSPS) is 19.0. The van der Waals surface area contributed by atoms with E-state index in [4.69, 9.17) is 11.6 Å². The van der Waals surface area contributed by atoms with Crippen molar-refractivity contribution >= 4 is 11.6 Å². The van der Waals surface area contributed by atoms with Crippen LogP contribution in [0.25, 0.3) is 0 Å². The highest BCUT2D eigenvalue weighted by Gasteiger charge is 2.25. The maximum Gasteiger partial charge on any atom is 0.0409 e. The summed E-state index contributed by atoms with van der Waals surface area (Å²) < 4.78 is 0. The monoisotopic (exact) mass is 251 g/mol. The van der Waals surface area contributed by atoms with Gasteiger partial charge in [0.25, 0.3) is 0 Å². The van der Waals surface area contributed by atoms with Crippen LogP contribution in [0.5, 0.6) is 0 Å². The summed E-state index contributed by atoms with van der Waals surface area (Å²) in [6, 6.07) is 9.20. The quantitative estimate of drug-likeness (QED) is 0.781. The summed E-state index contributed by atoms with van der Waals surface area (Å²) in [5.74, 6) is 0.985. The van der Waals surface area contributed by atoms with E-state index in [2.05, 4.69) is 31.3 Å². The molecular formula is C15H22ClN. The van der Waals surface area contributed by atoms with Gasteiger partial charge in [-0.15, -0.1) is 0 Å². The number of hydrogen-bond donors (Lipinski definition) is 1. The van der Waals surface area contributed by atoms with Gasteiger partial charge in [0.15, 0.2) is 0 Å². The van der Waals surface area contributed by atoms with Crippen LogP contribution in [0.15, 0.2) is 24.3 Å². The molecule has 0 saturated heterocycles. The first-order valence-corrected chi connectivity index (χ1v) is 7.08. The predicted octanol–water partition coefficient (Wildman–Crippen LogP) is 4.57. The summed E-state index contributed by atoms with van der Waals surface area (Å²) >= 11 is 6.03. The first-order valence-electron chi connectivity index (χ1n) is 6.70. The second-order valence-corrected chi connectivity index (χ2v) is 5.66. The number of nitrogens with one attached hydrogen (secondary N) is 1. The fraction of sp³-hybridized carbons (Fsp3) is 0.600. The Balaban J connectivity index is 1.91. The molecule has 2 rings (SSSR count). The van der Waals surface area contributed by atoms with Crippen LogP contribution in [0.2, 0.25) is 5.02 Å². The Kier molecular flexibility index (Phi) is 4.47. The molecule has 1 aromatic carbocycles. The smallest absolute Gasteiger partial charge is 0.0409 e. The van der Waals surface area contributed by atoms with Crippen molar-refractivity contribution in [2.45, 2.75) is 51.6 Å². The van der Waals surface area contributed by atoms with E-state index in [1.165, 1.54) is 31.2 Å². The zero-order valence-corrected chi connectivity index (χ0v) is 11.5. The molecule has 1 saturated carbocycles. The summed E-state index contributed by atoms with van der Waals surface area (Å²) in [5, 5.41) is 4.55. The van der Waals surface area contributed by atoms with E-state index < -0.39 is 0 Å². The SMILES string of the molecule is CCC(CC1CC1)NC(C)c1cccc(Cl)c1. The third kappa shape index (κ3) is 4.01. The zero-order valence-electron chi connectivity index (χ0n) is 10.7. The minimum absolute atomic E-state index is 0.386. The number of rotatable bonds is 6. The van der Waals surface area contributed by atoms with E-state index in [1.807, 2.05) is 12.1 Å². The maximum atomic E-state index is 6.03. The molecule has 0 bridgehead atoms. The van der Waals surface area contributed by atoms with Crippen LogP contribution in [0.1, 0.15) is 51.1 Å². The number of benzene rings is 1. The van der Waals surface area contributed by atoms with Gasteiger partial charge < -0.3 is 5.32 Å².